The van der Waals surface area contributed by atoms with Gasteiger partial charge in [0.05, 0.1) is 28.6 Å². The van der Waals surface area contributed by atoms with Gasteiger partial charge in [-0.3, -0.25) is 14.8 Å². The standard InChI is InChI=1S/C29H25N3O4/c33-27(32-35)23-15-29(23)16-26(31-28(29)34)19-10-12-21(13-11-19)36-17-20-14-25(18-6-2-1-3-7-18)30-24-9-5-4-8-22(20)24/h1-14,23,26,35H,15-17H2,(H,31,34)(H,32,33)/t23-,26?,29-/m1/s1. The second kappa shape index (κ2) is 8.77. The van der Waals surface area contributed by atoms with E-state index in [9.17, 15) is 9.59 Å². The number of benzene rings is 3. The number of hydroxylamine groups is 1. The van der Waals surface area contributed by atoms with Crippen LogP contribution in [0, 0.1) is 11.3 Å². The molecule has 1 aliphatic carbocycles. The van der Waals surface area contributed by atoms with Crippen LogP contribution in [0.25, 0.3) is 22.2 Å². The summed E-state index contributed by atoms with van der Waals surface area (Å²) in [6.45, 7) is 0.392. The first-order valence-corrected chi connectivity index (χ1v) is 12.0. The first kappa shape index (κ1) is 22.2. The van der Waals surface area contributed by atoms with Crippen LogP contribution in [-0.2, 0) is 16.2 Å². The van der Waals surface area contributed by atoms with Gasteiger partial charge in [-0.1, -0.05) is 60.7 Å². The van der Waals surface area contributed by atoms with Crippen molar-refractivity contribution in [3.8, 4) is 17.0 Å². The monoisotopic (exact) mass is 479 g/mol. The molecular weight excluding hydrogens is 454 g/mol. The van der Waals surface area contributed by atoms with Crippen molar-refractivity contribution in [2.45, 2.75) is 25.5 Å². The van der Waals surface area contributed by atoms with Crippen molar-refractivity contribution in [2.75, 3.05) is 0 Å². The second-order valence-corrected chi connectivity index (χ2v) is 9.53. The fourth-order valence-electron chi connectivity index (χ4n) is 5.30. The second-order valence-electron chi connectivity index (χ2n) is 9.53. The number of hydrogen-bond donors (Lipinski definition) is 3. The van der Waals surface area contributed by atoms with Gasteiger partial charge < -0.3 is 10.1 Å². The molecule has 0 bridgehead atoms. The van der Waals surface area contributed by atoms with Crippen molar-refractivity contribution in [1.82, 2.24) is 15.8 Å². The maximum atomic E-state index is 12.5. The highest BCUT2D eigenvalue weighted by Gasteiger charge is 2.67. The molecule has 1 saturated carbocycles. The number of ether oxygens (including phenoxy) is 1. The lowest BCUT2D eigenvalue weighted by molar-refractivity contribution is -0.134. The molecule has 3 N–H and O–H groups in total. The van der Waals surface area contributed by atoms with Gasteiger partial charge in [-0.25, -0.2) is 10.5 Å². The molecule has 36 heavy (non-hydrogen) atoms. The number of rotatable bonds is 6. The third kappa shape index (κ3) is 3.87. The Labute approximate surface area is 208 Å². The van der Waals surface area contributed by atoms with Crippen molar-refractivity contribution in [1.29, 1.82) is 0 Å². The van der Waals surface area contributed by atoms with Crippen molar-refractivity contribution in [3.63, 3.8) is 0 Å². The van der Waals surface area contributed by atoms with Crippen molar-refractivity contribution < 1.29 is 19.5 Å². The lowest BCUT2D eigenvalue weighted by Crippen LogP contribution is -2.28. The van der Waals surface area contributed by atoms with E-state index in [2.05, 4.69) is 17.4 Å². The van der Waals surface area contributed by atoms with E-state index in [-0.39, 0.29) is 11.9 Å². The van der Waals surface area contributed by atoms with Crippen LogP contribution in [-0.4, -0.2) is 22.0 Å². The SMILES string of the molecule is O=C(NO)[C@H]1C[C@@]12CC(c1ccc(OCc3cc(-c4ccccc4)nc4ccccc34)cc1)NC2=O. The van der Waals surface area contributed by atoms with Crippen molar-refractivity contribution in [2.24, 2.45) is 11.3 Å². The predicted octanol–water partition coefficient (Wildman–Crippen LogP) is 4.55. The van der Waals surface area contributed by atoms with E-state index in [1.54, 1.807) is 5.48 Å². The fourth-order valence-corrected chi connectivity index (χ4v) is 5.30. The predicted molar refractivity (Wildman–Crippen MR) is 134 cm³/mol. The zero-order valence-electron chi connectivity index (χ0n) is 19.5. The van der Waals surface area contributed by atoms with E-state index < -0.39 is 17.2 Å². The van der Waals surface area contributed by atoms with Crippen LogP contribution in [0.3, 0.4) is 0 Å². The number of carbonyl (C=O) groups excluding carboxylic acids is 2. The zero-order chi connectivity index (χ0) is 24.7. The summed E-state index contributed by atoms with van der Waals surface area (Å²) < 4.78 is 6.15. The van der Waals surface area contributed by atoms with Crippen LogP contribution in [0.5, 0.6) is 5.75 Å². The Morgan fingerprint density at radius 2 is 1.78 bits per heavy atom. The van der Waals surface area contributed by atoms with Crippen molar-refractivity contribution >= 4 is 22.7 Å². The normalized spacial score (nSPS) is 22.4. The topological polar surface area (TPSA) is 101 Å². The number of aromatic nitrogens is 1. The first-order valence-electron chi connectivity index (χ1n) is 12.0. The Bertz CT molecular complexity index is 1450. The van der Waals surface area contributed by atoms with Gasteiger partial charge >= 0.3 is 0 Å². The van der Waals surface area contributed by atoms with Crippen LogP contribution >= 0.6 is 0 Å². The molecule has 6 rings (SSSR count). The first-order chi connectivity index (χ1) is 17.6. The van der Waals surface area contributed by atoms with E-state index in [1.807, 2.05) is 72.8 Å². The molecule has 1 aromatic heterocycles. The van der Waals surface area contributed by atoms with E-state index in [4.69, 9.17) is 14.9 Å². The molecule has 1 spiro atoms. The lowest BCUT2D eigenvalue weighted by atomic mass is 9.95. The molecule has 7 heteroatoms. The minimum Gasteiger partial charge on any atom is -0.489 e. The zero-order valence-corrected chi connectivity index (χ0v) is 19.5. The van der Waals surface area contributed by atoms with Crippen LogP contribution in [0.1, 0.15) is 30.0 Å². The molecule has 3 atom stereocenters. The van der Waals surface area contributed by atoms with Crippen molar-refractivity contribution in [3.05, 3.63) is 96.1 Å². The molecule has 4 aromatic rings. The maximum absolute atomic E-state index is 12.5. The molecule has 2 heterocycles. The molecule has 7 nitrogen and oxygen atoms in total. The molecule has 3 aromatic carbocycles. The third-order valence-corrected chi connectivity index (χ3v) is 7.38. The van der Waals surface area contributed by atoms with Gasteiger partial charge in [0.25, 0.3) is 0 Å². The van der Waals surface area contributed by atoms with Crippen LogP contribution in [0.15, 0.2) is 84.9 Å². The summed E-state index contributed by atoms with van der Waals surface area (Å²) in [5, 5.41) is 13.0. The molecule has 0 radical (unpaired) electrons. The Morgan fingerprint density at radius 3 is 2.56 bits per heavy atom. The molecule has 2 fully saturated rings. The molecule has 1 aliphatic heterocycles. The molecule has 1 saturated heterocycles. The number of fused-ring (bicyclic) bond motifs is 1. The lowest BCUT2D eigenvalue weighted by Gasteiger charge is -2.13. The molecule has 1 unspecified atom stereocenters. The highest BCUT2D eigenvalue weighted by atomic mass is 16.5. The smallest absolute Gasteiger partial charge is 0.247 e. The summed E-state index contributed by atoms with van der Waals surface area (Å²) in [4.78, 5) is 29.1. The third-order valence-electron chi connectivity index (χ3n) is 7.38. The molecular formula is C29H25N3O4. The van der Waals surface area contributed by atoms with Crippen LogP contribution < -0.4 is 15.5 Å². The van der Waals surface area contributed by atoms with E-state index in [0.717, 1.165) is 39.0 Å². The van der Waals surface area contributed by atoms with Gasteiger partial charge in [-0.05, 0) is 42.7 Å². The molecule has 2 amide bonds. The van der Waals surface area contributed by atoms with Crippen LogP contribution in [0.2, 0.25) is 0 Å². The Morgan fingerprint density at radius 1 is 1.03 bits per heavy atom. The molecule has 2 aliphatic rings. The summed E-state index contributed by atoms with van der Waals surface area (Å²) in [5.74, 6) is -0.358. The number of para-hydroxylation sites is 1. The summed E-state index contributed by atoms with van der Waals surface area (Å²) in [6.07, 6.45) is 1.00. The summed E-state index contributed by atoms with van der Waals surface area (Å²) >= 11 is 0. The minimum atomic E-state index is -0.703. The van der Waals surface area contributed by atoms with Gasteiger partial charge in [-0.2, -0.15) is 0 Å². The van der Waals surface area contributed by atoms with Gasteiger partial charge in [-0.15, -0.1) is 0 Å². The number of carbonyl (C=O) groups is 2. The number of nitrogens with zero attached hydrogens (tertiary/aromatic N) is 1. The molecule has 180 valence electrons. The largest absolute Gasteiger partial charge is 0.489 e. The van der Waals surface area contributed by atoms with Gasteiger partial charge in [0.2, 0.25) is 11.8 Å². The number of hydrogen-bond acceptors (Lipinski definition) is 5. The Kier molecular flexibility index (Phi) is 5.42. The summed E-state index contributed by atoms with van der Waals surface area (Å²) in [6, 6.07) is 27.8. The maximum Gasteiger partial charge on any atom is 0.247 e. The quantitative estimate of drug-likeness (QED) is 0.278. The van der Waals surface area contributed by atoms with E-state index in [1.165, 1.54) is 0 Å². The summed E-state index contributed by atoms with van der Waals surface area (Å²) in [5.41, 5.74) is 5.87. The summed E-state index contributed by atoms with van der Waals surface area (Å²) in [7, 11) is 0. The number of amides is 2. The highest BCUT2D eigenvalue weighted by Crippen LogP contribution is 2.60. The Hall–Kier alpha value is -4.23. The fraction of sp³-hybridized carbons (Fsp3) is 0.207. The van der Waals surface area contributed by atoms with Gasteiger partial charge in [0.15, 0.2) is 0 Å². The van der Waals surface area contributed by atoms with E-state index in [0.29, 0.717) is 19.4 Å². The average molecular weight is 480 g/mol. The minimum absolute atomic E-state index is 0.125. The highest BCUT2D eigenvalue weighted by molar-refractivity contribution is 5.97. The Balaban J connectivity index is 1.18. The van der Waals surface area contributed by atoms with E-state index >= 15 is 0 Å². The van der Waals surface area contributed by atoms with Gasteiger partial charge in [0.1, 0.15) is 12.4 Å². The number of nitrogens with one attached hydrogen (secondary N) is 2. The number of pyridine rings is 1. The average Bonchev–Trinajstić information content (AvgIpc) is 3.57. The van der Waals surface area contributed by atoms with Crippen LogP contribution in [0.4, 0.5) is 0 Å². The van der Waals surface area contributed by atoms with Gasteiger partial charge in [0, 0.05) is 16.5 Å².